The summed E-state index contributed by atoms with van der Waals surface area (Å²) >= 11 is 0. The van der Waals surface area contributed by atoms with Crippen molar-refractivity contribution in [3.8, 4) is 5.75 Å². The van der Waals surface area contributed by atoms with E-state index in [-0.39, 0.29) is 30.5 Å². The average Bonchev–Trinajstić information content (AvgIpc) is 2.74. The Morgan fingerprint density at radius 2 is 2.03 bits per heavy atom. The van der Waals surface area contributed by atoms with Crippen molar-refractivity contribution in [3.05, 3.63) is 65.2 Å². The smallest absolute Gasteiger partial charge is 0.243 e. The lowest BCUT2D eigenvalue weighted by atomic mass is 10.0. The van der Waals surface area contributed by atoms with Crippen LogP contribution in [0.15, 0.2) is 47.5 Å². The number of amides is 1. The van der Waals surface area contributed by atoms with Crippen LogP contribution in [0.25, 0.3) is 0 Å². The number of fused-ring (bicyclic) bond motifs is 1. The third-order valence-corrected chi connectivity index (χ3v) is 4.84. The third kappa shape index (κ3) is 5.68. The number of rotatable bonds is 6. The summed E-state index contributed by atoms with van der Waals surface area (Å²) in [6.45, 7) is 0.863. The van der Waals surface area contributed by atoms with Gasteiger partial charge in [-0.05, 0) is 36.2 Å². The van der Waals surface area contributed by atoms with E-state index in [0.717, 1.165) is 29.9 Å². The Bertz CT molecular complexity index is 918. The maximum Gasteiger partial charge on any atom is 0.243 e. The van der Waals surface area contributed by atoms with Gasteiger partial charge in [0.1, 0.15) is 23.9 Å². The van der Waals surface area contributed by atoms with E-state index in [9.17, 15) is 13.6 Å². The Labute approximate surface area is 174 Å². The van der Waals surface area contributed by atoms with Crippen molar-refractivity contribution < 1.29 is 18.3 Å². The molecule has 3 rings (SSSR count). The van der Waals surface area contributed by atoms with Crippen LogP contribution in [-0.2, 0) is 11.2 Å². The molecule has 1 atom stereocenters. The predicted octanol–water partition coefficient (Wildman–Crippen LogP) is 2.65. The van der Waals surface area contributed by atoms with Gasteiger partial charge in [0, 0.05) is 32.6 Å². The van der Waals surface area contributed by atoms with Crippen molar-refractivity contribution in [3.63, 3.8) is 0 Å². The fourth-order valence-electron chi connectivity index (χ4n) is 3.15. The summed E-state index contributed by atoms with van der Waals surface area (Å²) in [6, 6.07) is 11.1. The number of halogens is 2. The maximum atomic E-state index is 13.9. The van der Waals surface area contributed by atoms with Crippen LogP contribution in [0.3, 0.4) is 0 Å². The number of guanidine groups is 1. The zero-order chi connectivity index (χ0) is 21.5. The summed E-state index contributed by atoms with van der Waals surface area (Å²) in [6.07, 6.45) is 1.01. The van der Waals surface area contributed by atoms with Gasteiger partial charge in [-0.2, -0.15) is 0 Å². The lowest BCUT2D eigenvalue weighted by molar-refractivity contribution is -0.127. The molecule has 1 aliphatic rings. The van der Waals surface area contributed by atoms with Gasteiger partial charge in [0.05, 0.1) is 12.6 Å². The molecular formula is C22H26F2N4O2. The summed E-state index contributed by atoms with van der Waals surface area (Å²) in [7, 11) is 3.33. The third-order valence-electron chi connectivity index (χ3n) is 4.84. The molecule has 8 heteroatoms. The van der Waals surface area contributed by atoms with E-state index in [2.05, 4.69) is 15.6 Å². The summed E-state index contributed by atoms with van der Waals surface area (Å²) in [5, 5.41) is 6.46. The largest absolute Gasteiger partial charge is 0.493 e. The molecule has 1 amide bonds. The van der Waals surface area contributed by atoms with Gasteiger partial charge in [-0.15, -0.1) is 0 Å². The van der Waals surface area contributed by atoms with E-state index in [1.165, 1.54) is 11.0 Å². The molecule has 0 aliphatic carbocycles. The van der Waals surface area contributed by atoms with Crippen molar-refractivity contribution >= 4 is 11.9 Å². The zero-order valence-corrected chi connectivity index (χ0v) is 17.1. The van der Waals surface area contributed by atoms with E-state index >= 15 is 0 Å². The zero-order valence-electron chi connectivity index (χ0n) is 17.1. The molecule has 0 aromatic heterocycles. The Hall–Kier alpha value is -3.16. The molecule has 160 valence electrons. The molecule has 1 aliphatic heterocycles. The normalized spacial score (nSPS) is 15.7. The first-order valence-electron chi connectivity index (χ1n) is 9.84. The van der Waals surface area contributed by atoms with Crippen LogP contribution in [0, 0.1) is 11.6 Å². The van der Waals surface area contributed by atoms with Crippen LogP contribution >= 0.6 is 0 Å². The summed E-state index contributed by atoms with van der Waals surface area (Å²) in [5.74, 6) is 0.176. The minimum absolute atomic E-state index is 0.0263. The molecule has 2 aromatic rings. The predicted molar refractivity (Wildman–Crippen MR) is 111 cm³/mol. The average molecular weight is 416 g/mol. The van der Waals surface area contributed by atoms with E-state index in [1.54, 1.807) is 14.1 Å². The first-order valence-corrected chi connectivity index (χ1v) is 9.84. The van der Waals surface area contributed by atoms with Crippen LogP contribution in [-0.4, -0.2) is 50.6 Å². The minimum atomic E-state index is -0.478. The Morgan fingerprint density at radius 1 is 1.23 bits per heavy atom. The van der Waals surface area contributed by atoms with Gasteiger partial charge in [-0.3, -0.25) is 4.79 Å². The monoisotopic (exact) mass is 416 g/mol. The van der Waals surface area contributed by atoms with E-state index in [0.29, 0.717) is 19.1 Å². The Balaban J connectivity index is 1.70. The van der Waals surface area contributed by atoms with Gasteiger partial charge in [-0.25, -0.2) is 13.8 Å². The highest BCUT2D eigenvalue weighted by Gasteiger charge is 2.22. The van der Waals surface area contributed by atoms with Crippen molar-refractivity contribution in [1.29, 1.82) is 0 Å². The molecule has 0 radical (unpaired) electrons. The second-order valence-electron chi connectivity index (χ2n) is 7.24. The highest BCUT2D eigenvalue weighted by molar-refractivity contribution is 5.85. The standard InChI is InChI=1S/C22H26F2N4O2/c1-28(2)21(29)14-26-22(25-11-9-15-13-16(23)7-8-18(15)24)27-19-10-12-30-20-6-4-3-5-17(19)20/h3-8,13,19H,9-12,14H2,1-2H3,(H2,25,26,27). The number of benzene rings is 2. The number of nitrogens with zero attached hydrogens (tertiary/aromatic N) is 2. The number of hydrogen-bond acceptors (Lipinski definition) is 3. The SMILES string of the molecule is CN(C)C(=O)CN=C(NCCc1cc(F)ccc1F)NC1CCOc2ccccc21. The number of ether oxygens (including phenoxy) is 1. The van der Waals surface area contributed by atoms with Gasteiger partial charge in [0.2, 0.25) is 5.91 Å². The molecule has 0 saturated carbocycles. The molecule has 1 unspecified atom stereocenters. The van der Waals surface area contributed by atoms with Crippen LogP contribution in [0.5, 0.6) is 5.75 Å². The second-order valence-corrected chi connectivity index (χ2v) is 7.24. The van der Waals surface area contributed by atoms with Crippen molar-refractivity contribution in [2.75, 3.05) is 33.8 Å². The molecule has 0 bridgehead atoms. The quantitative estimate of drug-likeness (QED) is 0.561. The van der Waals surface area contributed by atoms with Gasteiger partial charge in [-0.1, -0.05) is 18.2 Å². The Kier molecular flexibility index (Phi) is 7.21. The summed E-state index contributed by atoms with van der Waals surface area (Å²) in [5.41, 5.74) is 1.29. The fraction of sp³-hybridized carbons (Fsp3) is 0.364. The minimum Gasteiger partial charge on any atom is -0.493 e. The fourth-order valence-corrected chi connectivity index (χ4v) is 3.15. The van der Waals surface area contributed by atoms with Gasteiger partial charge >= 0.3 is 0 Å². The molecule has 0 saturated heterocycles. The van der Waals surface area contributed by atoms with Crippen molar-refractivity contribution in [2.45, 2.75) is 18.9 Å². The highest BCUT2D eigenvalue weighted by atomic mass is 19.1. The highest BCUT2D eigenvalue weighted by Crippen LogP contribution is 2.31. The van der Waals surface area contributed by atoms with Gasteiger partial charge in [0.25, 0.3) is 0 Å². The lowest BCUT2D eigenvalue weighted by Crippen LogP contribution is -2.42. The number of hydrogen-bond donors (Lipinski definition) is 2. The molecule has 6 nitrogen and oxygen atoms in total. The number of para-hydroxylation sites is 1. The number of likely N-dealkylation sites (N-methyl/N-ethyl adjacent to an activating group) is 1. The molecular weight excluding hydrogens is 390 g/mol. The summed E-state index contributed by atoms with van der Waals surface area (Å²) < 4.78 is 33.0. The topological polar surface area (TPSA) is 66.0 Å². The molecule has 30 heavy (non-hydrogen) atoms. The van der Waals surface area contributed by atoms with E-state index < -0.39 is 11.6 Å². The molecule has 0 spiro atoms. The number of aliphatic imine (C=N–C) groups is 1. The van der Waals surface area contributed by atoms with Crippen LogP contribution in [0.2, 0.25) is 0 Å². The number of carbonyl (C=O) groups is 1. The summed E-state index contributed by atoms with van der Waals surface area (Å²) in [4.78, 5) is 17.8. The van der Waals surface area contributed by atoms with Crippen LogP contribution < -0.4 is 15.4 Å². The number of carbonyl (C=O) groups excluding carboxylic acids is 1. The van der Waals surface area contributed by atoms with E-state index in [4.69, 9.17) is 4.74 Å². The molecule has 2 aromatic carbocycles. The first kappa shape index (κ1) is 21.5. The Morgan fingerprint density at radius 3 is 2.83 bits per heavy atom. The molecule has 0 fully saturated rings. The van der Waals surface area contributed by atoms with Crippen molar-refractivity contribution in [1.82, 2.24) is 15.5 Å². The van der Waals surface area contributed by atoms with Gasteiger partial charge < -0.3 is 20.3 Å². The van der Waals surface area contributed by atoms with Crippen molar-refractivity contribution in [2.24, 2.45) is 4.99 Å². The lowest BCUT2D eigenvalue weighted by Gasteiger charge is -2.28. The van der Waals surface area contributed by atoms with Crippen LogP contribution in [0.1, 0.15) is 23.6 Å². The maximum absolute atomic E-state index is 13.9. The first-order chi connectivity index (χ1) is 14.4. The molecule has 1 heterocycles. The van der Waals surface area contributed by atoms with Crippen LogP contribution in [0.4, 0.5) is 8.78 Å². The van der Waals surface area contributed by atoms with Gasteiger partial charge in [0.15, 0.2) is 5.96 Å². The number of nitrogens with one attached hydrogen (secondary N) is 2. The second kappa shape index (κ2) is 10.0. The molecule has 2 N–H and O–H groups in total. The van der Waals surface area contributed by atoms with E-state index in [1.807, 2.05) is 24.3 Å².